The molecule has 1 aromatic rings. The fourth-order valence-corrected chi connectivity index (χ4v) is 5.16. The summed E-state index contributed by atoms with van der Waals surface area (Å²) in [5.74, 6) is -1.01. The maximum Gasteiger partial charge on any atom is 0.248 e. The summed E-state index contributed by atoms with van der Waals surface area (Å²) in [5.41, 5.74) is -1.11. The molecule has 0 bridgehead atoms. The zero-order valence-electron chi connectivity index (χ0n) is 20.3. The van der Waals surface area contributed by atoms with Gasteiger partial charge in [0.1, 0.15) is 36.2 Å². The zero-order valence-corrected chi connectivity index (χ0v) is 20.3. The first kappa shape index (κ1) is 25.8. The van der Waals surface area contributed by atoms with Crippen molar-refractivity contribution in [2.45, 2.75) is 58.1 Å². The highest BCUT2D eigenvalue weighted by Gasteiger charge is 2.41. The van der Waals surface area contributed by atoms with Crippen molar-refractivity contribution >= 4 is 5.91 Å². The van der Waals surface area contributed by atoms with Crippen molar-refractivity contribution in [1.29, 1.82) is 0 Å². The average molecular weight is 469 g/mol. The number of hydrogen-bond donors (Lipinski definition) is 1. The van der Waals surface area contributed by atoms with Gasteiger partial charge in [-0.3, -0.25) is 9.69 Å². The Balaban J connectivity index is 1.73. The molecule has 2 aliphatic rings. The number of carbonyl (C=O) groups is 1. The first-order valence-corrected chi connectivity index (χ1v) is 11.8. The number of hydrogen-bond acceptors (Lipinski definition) is 5. The lowest BCUT2D eigenvalue weighted by molar-refractivity contribution is -0.138. The van der Waals surface area contributed by atoms with Crippen molar-refractivity contribution in [3.8, 4) is 5.75 Å². The van der Waals surface area contributed by atoms with Crippen molar-refractivity contribution < 1.29 is 28.2 Å². The number of aliphatic hydroxyl groups is 1. The van der Waals surface area contributed by atoms with E-state index in [9.17, 15) is 18.7 Å². The molecule has 33 heavy (non-hydrogen) atoms. The number of benzene rings is 1. The summed E-state index contributed by atoms with van der Waals surface area (Å²) in [7, 11) is 1.46. The number of ether oxygens (including phenoxy) is 2. The molecule has 1 amide bonds. The molecule has 186 valence electrons. The monoisotopic (exact) mass is 468 g/mol. The summed E-state index contributed by atoms with van der Waals surface area (Å²) in [6, 6.07) is 3.26. The molecule has 0 radical (unpaired) electrons. The third kappa shape index (κ3) is 7.11. The molecule has 6 nitrogen and oxygen atoms in total. The van der Waals surface area contributed by atoms with E-state index in [0.29, 0.717) is 31.6 Å². The van der Waals surface area contributed by atoms with Crippen molar-refractivity contribution in [1.82, 2.24) is 9.80 Å². The number of methoxy groups -OCH3 is 1. The Hall–Kier alpha value is -1.77. The largest absolute Gasteiger partial charge is 0.490 e. The Labute approximate surface area is 195 Å². The number of halogens is 2. The van der Waals surface area contributed by atoms with Crippen LogP contribution in [0.2, 0.25) is 0 Å². The molecule has 1 saturated carbocycles. The Morgan fingerprint density at radius 2 is 1.73 bits per heavy atom. The van der Waals surface area contributed by atoms with Gasteiger partial charge >= 0.3 is 0 Å². The number of nitrogens with zero attached hydrogens (tertiary/aromatic N) is 2. The van der Waals surface area contributed by atoms with Gasteiger partial charge in [0, 0.05) is 51.0 Å². The van der Waals surface area contributed by atoms with Crippen LogP contribution in [0.1, 0.15) is 46.5 Å². The van der Waals surface area contributed by atoms with Gasteiger partial charge in [-0.1, -0.05) is 20.8 Å². The van der Waals surface area contributed by atoms with Gasteiger partial charge in [0.2, 0.25) is 5.91 Å². The van der Waals surface area contributed by atoms with Crippen LogP contribution >= 0.6 is 0 Å². The summed E-state index contributed by atoms with van der Waals surface area (Å²) in [5, 5.41) is 11.5. The number of amides is 1. The Bertz CT molecular complexity index is 788. The van der Waals surface area contributed by atoms with Crippen molar-refractivity contribution in [2.24, 2.45) is 11.3 Å². The van der Waals surface area contributed by atoms with Crippen LogP contribution in [-0.2, 0) is 9.53 Å². The summed E-state index contributed by atoms with van der Waals surface area (Å²) >= 11 is 0. The van der Waals surface area contributed by atoms with E-state index in [0.717, 1.165) is 43.9 Å². The van der Waals surface area contributed by atoms with Gasteiger partial charge < -0.3 is 19.5 Å². The lowest BCUT2D eigenvalue weighted by atomic mass is 9.71. The van der Waals surface area contributed by atoms with Gasteiger partial charge in [-0.05, 0) is 37.0 Å². The zero-order chi connectivity index (χ0) is 24.2. The molecule has 0 spiro atoms. The molecular formula is C25H38F2N2O4. The van der Waals surface area contributed by atoms with E-state index in [4.69, 9.17) is 9.47 Å². The minimum absolute atomic E-state index is 0.0113. The second-order valence-corrected chi connectivity index (χ2v) is 10.7. The minimum Gasteiger partial charge on any atom is -0.490 e. The molecule has 1 unspecified atom stereocenters. The first-order chi connectivity index (χ1) is 15.5. The number of β-amino-alcohol motifs (C(OH)–C–C–N with tert-alkyl or cyclic N) is 1. The van der Waals surface area contributed by atoms with Crippen LogP contribution < -0.4 is 4.74 Å². The Kier molecular flexibility index (Phi) is 8.35. The van der Waals surface area contributed by atoms with Crippen molar-refractivity contribution in [3.63, 3.8) is 0 Å². The van der Waals surface area contributed by atoms with Gasteiger partial charge in [-0.25, -0.2) is 8.78 Å². The van der Waals surface area contributed by atoms with Crippen LogP contribution in [0.5, 0.6) is 5.75 Å². The van der Waals surface area contributed by atoms with Gasteiger partial charge in [-0.2, -0.15) is 0 Å². The predicted octanol–water partition coefficient (Wildman–Crippen LogP) is 3.47. The van der Waals surface area contributed by atoms with Crippen LogP contribution in [0.3, 0.4) is 0 Å². The fraction of sp³-hybridized carbons (Fsp3) is 0.720. The van der Waals surface area contributed by atoms with E-state index in [1.54, 1.807) is 4.90 Å². The lowest BCUT2D eigenvalue weighted by Gasteiger charge is -2.42. The van der Waals surface area contributed by atoms with Crippen LogP contribution in [0.15, 0.2) is 18.2 Å². The van der Waals surface area contributed by atoms with E-state index in [2.05, 4.69) is 25.7 Å². The van der Waals surface area contributed by atoms with Gasteiger partial charge in [-0.15, -0.1) is 0 Å². The molecular weight excluding hydrogens is 430 g/mol. The molecule has 0 aromatic heterocycles. The Morgan fingerprint density at radius 1 is 1.09 bits per heavy atom. The van der Waals surface area contributed by atoms with Gasteiger partial charge in [0.05, 0.1) is 6.54 Å². The molecule has 8 heteroatoms. The minimum atomic E-state index is -1.39. The predicted molar refractivity (Wildman–Crippen MR) is 122 cm³/mol. The topological polar surface area (TPSA) is 62.2 Å². The molecule has 2 fully saturated rings. The third-order valence-corrected chi connectivity index (χ3v) is 7.04. The number of carbonyl (C=O) groups excluding carboxylic acids is 1. The highest BCUT2D eigenvalue weighted by atomic mass is 19.1. The maximum absolute atomic E-state index is 13.6. The van der Waals surface area contributed by atoms with E-state index in [1.807, 2.05) is 0 Å². The average Bonchev–Trinajstić information content (AvgIpc) is 2.91. The highest BCUT2D eigenvalue weighted by Crippen LogP contribution is 2.39. The van der Waals surface area contributed by atoms with Crippen LogP contribution in [0.4, 0.5) is 8.78 Å². The summed E-state index contributed by atoms with van der Waals surface area (Å²) in [4.78, 5) is 16.4. The fourth-order valence-electron chi connectivity index (χ4n) is 5.16. The molecule has 1 saturated heterocycles. The smallest absolute Gasteiger partial charge is 0.248 e. The second-order valence-electron chi connectivity index (χ2n) is 10.7. The van der Waals surface area contributed by atoms with Gasteiger partial charge in [0.15, 0.2) is 0 Å². The molecule has 1 aromatic carbocycles. The normalized spacial score (nSPS) is 27.3. The molecule has 1 heterocycles. The SMILES string of the molecule is COCC(=O)N1CCN(C2CCC(C(C)(C)C)CC2)CC(O)(COc2cc(F)cc(F)c2)C1. The second kappa shape index (κ2) is 10.7. The summed E-state index contributed by atoms with van der Waals surface area (Å²) in [6.07, 6.45) is 4.35. The lowest BCUT2D eigenvalue weighted by Crippen LogP contribution is -2.54. The third-order valence-electron chi connectivity index (χ3n) is 7.04. The van der Waals surface area contributed by atoms with E-state index in [1.165, 1.54) is 7.11 Å². The van der Waals surface area contributed by atoms with E-state index in [-0.39, 0.29) is 36.8 Å². The van der Waals surface area contributed by atoms with Crippen LogP contribution in [0.25, 0.3) is 0 Å². The van der Waals surface area contributed by atoms with E-state index >= 15 is 0 Å². The quantitative estimate of drug-likeness (QED) is 0.693. The molecule has 3 rings (SSSR count). The van der Waals surface area contributed by atoms with Crippen molar-refractivity contribution in [2.75, 3.05) is 46.5 Å². The van der Waals surface area contributed by atoms with Gasteiger partial charge in [0.25, 0.3) is 0 Å². The van der Waals surface area contributed by atoms with Crippen LogP contribution in [0, 0.1) is 23.0 Å². The summed E-state index contributed by atoms with van der Waals surface area (Å²) in [6.45, 7) is 8.14. The standard InChI is InChI=1S/C25H38F2N2O4/c1-24(2,3)18-5-7-21(8-6-18)28-9-10-29(23(30)14-32-4)16-25(31,15-28)17-33-22-12-19(26)11-20(27)13-22/h11-13,18,21,31H,5-10,14-17H2,1-4H3. The molecule has 1 aliphatic heterocycles. The molecule has 1 atom stereocenters. The maximum atomic E-state index is 13.6. The number of rotatable bonds is 6. The highest BCUT2D eigenvalue weighted by molar-refractivity contribution is 5.77. The molecule has 1 N–H and O–H groups in total. The Morgan fingerprint density at radius 3 is 2.30 bits per heavy atom. The summed E-state index contributed by atoms with van der Waals surface area (Å²) < 4.78 is 37.8. The van der Waals surface area contributed by atoms with E-state index < -0.39 is 17.2 Å². The van der Waals surface area contributed by atoms with Crippen LogP contribution in [-0.4, -0.2) is 79.0 Å². The molecule has 1 aliphatic carbocycles. The van der Waals surface area contributed by atoms with Crippen molar-refractivity contribution in [3.05, 3.63) is 29.8 Å². The first-order valence-electron chi connectivity index (χ1n) is 11.8.